The van der Waals surface area contributed by atoms with E-state index in [9.17, 15) is 0 Å². The van der Waals surface area contributed by atoms with Crippen LogP contribution in [0.2, 0.25) is 0 Å². The minimum Gasteiger partial charge on any atom is -0.492 e. The number of hydrogen-bond donors (Lipinski definition) is 2. The maximum absolute atomic E-state index is 5.59. The quantitative estimate of drug-likeness (QED) is 0.575. The average molecular weight is 426 g/mol. The summed E-state index contributed by atoms with van der Waals surface area (Å²) in [6.45, 7) is 3.28. The molecular weight excluding hydrogens is 409 g/mol. The summed E-state index contributed by atoms with van der Waals surface area (Å²) in [6, 6.07) is 7.83. The van der Waals surface area contributed by atoms with E-state index in [1.54, 1.807) is 0 Å². The van der Waals surface area contributed by atoms with Crippen molar-refractivity contribution in [1.82, 2.24) is 10.6 Å². The molecule has 1 aromatic rings. The van der Waals surface area contributed by atoms with E-state index in [0.29, 0.717) is 6.61 Å². The van der Waals surface area contributed by atoms with Crippen LogP contribution in [-0.2, 0) is 0 Å². The maximum atomic E-state index is 5.59. The smallest absolute Gasteiger partial charge is 0.191 e. The van der Waals surface area contributed by atoms with Gasteiger partial charge in [-0.1, -0.05) is 15.9 Å². The van der Waals surface area contributed by atoms with Crippen molar-refractivity contribution in [2.24, 2.45) is 4.99 Å². The van der Waals surface area contributed by atoms with Crippen molar-refractivity contribution in [1.29, 1.82) is 0 Å². The number of nitrogens with zero attached hydrogens (tertiary/aromatic N) is 1. The molecule has 1 aliphatic rings. The molecule has 0 fully saturated rings. The molecule has 0 amide bonds. The van der Waals surface area contributed by atoms with Crippen molar-refractivity contribution >= 4 is 45.9 Å². The number of halogens is 2. The lowest BCUT2D eigenvalue weighted by atomic mass is 10.3. The molecule has 0 aromatic heterocycles. The van der Waals surface area contributed by atoms with E-state index < -0.39 is 0 Å². The number of nitrogens with one attached hydrogen (secondary N) is 2. The molecule has 0 atom stereocenters. The van der Waals surface area contributed by atoms with Crippen molar-refractivity contribution in [3.63, 3.8) is 0 Å². The fourth-order valence-electron chi connectivity index (χ4n) is 1.52. The van der Waals surface area contributed by atoms with Crippen molar-refractivity contribution in [3.8, 4) is 5.75 Å². The SMILES string of the molecule is Brc1ccc(OCCNC2=NCCCN2)cc1.I. The Morgan fingerprint density at radius 1 is 1.33 bits per heavy atom. The molecule has 18 heavy (non-hydrogen) atoms. The van der Waals surface area contributed by atoms with Crippen LogP contribution in [0.5, 0.6) is 5.75 Å². The highest BCUT2D eigenvalue weighted by Gasteiger charge is 2.02. The van der Waals surface area contributed by atoms with E-state index in [0.717, 1.165) is 42.2 Å². The molecule has 1 aromatic carbocycles. The second-order valence-corrected chi connectivity index (χ2v) is 4.66. The van der Waals surface area contributed by atoms with Crippen LogP contribution in [0.1, 0.15) is 6.42 Å². The Balaban J connectivity index is 0.00000162. The maximum Gasteiger partial charge on any atom is 0.191 e. The number of ether oxygens (including phenoxy) is 1. The van der Waals surface area contributed by atoms with Crippen LogP contribution in [0.4, 0.5) is 0 Å². The first-order chi connectivity index (χ1) is 8.34. The topological polar surface area (TPSA) is 45.6 Å². The minimum absolute atomic E-state index is 0. The number of rotatable bonds is 4. The summed E-state index contributed by atoms with van der Waals surface area (Å²) >= 11 is 3.39. The summed E-state index contributed by atoms with van der Waals surface area (Å²) in [5, 5.41) is 6.41. The molecule has 0 saturated carbocycles. The van der Waals surface area contributed by atoms with Gasteiger partial charge < -0.3 is 15.4 Å². The van der Waals surface area contributed by atoms with E-state index >= 15 is 0 Å². The Labute approximate surface area is 133 Å². The Morgan fingerprint density at radius 2 is 2.11 bits per heavy atom. The van der Waals surface area contributed by atoms with Gasteiger partial charge in [-0.2, -0.15) is 0 Å². The van der Waals surface area contributed by atoms with E-state index in [-0.39, 0.29) is 24.0 Å². The van der Waals surface area contributed by atoms with Crippen LogP contribution in [-0.4, -0.2) is 32.2 Å². The van der Waals surface area contributed by atoms with Crippen LogP contribution < -0.4 is 15.4 Å². The van der Waals surface area contributed by atoms with Crippen molar-refractivity contribution < 1.29 is 4.74 Å². The molecule has 0 aliphatic carbocycles. The van der Waals surface area contributed by atoms with Gasteiger partial charge in [-0.15, -0.1) is 24.0 Å². The number of guanidine groups is 1. The standard InChI is InChI=1S/C12H16BrN3O.HI/c13-10-2-4-11(5-3-10)17-9-8-16-12-14-6-1-7-15-12;/h2-5H,1,6-9H2,(H2,14,15,16);1H. The highest BCUT2D eigenvalue weighted by Crippen LogP contribution is 2.15. The molecule has 0 unspecified atom stereocenters. The van der Waals surface area contributed by atoms with Crippen LogP contribution >= 0.6 is 39.9 Å². The summed E-state index contributed by atoms with van der Waals surface area (Å²) in [5.41, 5.74) is 0. The van der Waals surface area contributed by atoms with Crippen LogP contribution in [0, 0.1) is 0 Å². The molecule has 0 spiro atoms. The first-order valence-corrected chi connectivity index (χ1v) is 6.54. The Hall–Kier alpha value is -0.500. The zero-order chi connectivity index (χ0) is 11.9. The predicted octanol–water partition coefficient (Wildman–Crippen LogP) is 2.38. The molecular formula is C12H17BrIN3O. The largest absolute Gasteiger partial charge is 0.492 e. The second-order valence-electron chi connectivity index (χ2n) is 3.74. The van der Waals surface area contributed by atoms with Gasteiger partial charge in [-0.25, -0.2) is 0 Å². The predicted molar refractivity (Wildman–Crippen MR) is 88.0 cm³/mol. The second kappa shape index (κ2) is 8.58. The van der Waals surface area contributed by atoms with Gasteiger partial charge in [0, 0.05) is 17.6 Å². The lowest BCUT2D eigenvalue weighted by Gasteiger charge is -2.16. The minimum atomic E-state index is 0. The van der Waals surface area contributed by atoms with Crippen molar-refractivity contribution in [3.05, 3.63) is 28.7 Å². The van der Waals surface area contributed by atoms with Crippen molar-refractivity contribution in [2.45, 2.75) is 6.42 Å². The molecule has 0 saturated heterocycles. The molecule has 100 valence electrons. The number of hydrogen-bond acceptors (Lipinski definition) is 4. The van der Waals surface area contributed by atoms with Crippen molar-refractivity contribution in [2.75, 3.05) is 26.2 Å². The zero-order valence-corrected chi connectivity index (χ0v) is 13.9. The number of aliphatic imine (C=N–C) groups is 1. The summed E-state index contributed by atoms with van der Waals surface area (Å²) in [6.07, 6.45) is 1.11. The first-order valence-electron chi connectivity index (χ1n) is 5.75. The first kappa shape index (κ1) is 15.6. The third-order valence-electron chi connectivity index (χ3n) is 2.37. The zero-order valence-electron chi connectivity index (χ0n) is 9.99. The van der Waals surface area contributed by atoms with Crippen LogP contribution in [0.25, 0.3) is 0 Å². The third kappa shape index (κ3) is 5.43. The molecule has 6 heteroatoms. The van der Waals surface area contributed by atoms with Gasteiger partial charge in [0.1, 0.15) is 12.4 Å². The van der Waals surface area contributed by atoms with Gasteiger partial charge in [-0.05, 0) is 30.7 Å². The third-order valence-corrected chi connectivity index (χ3v) is 2.90. The fourth-order valence-corrected chi connectivity index (χ4v) is 1.78. The average Bonchev–Trinajstić information content (AvgIpc) is 2.38. The normalized spacial score (nSPS) is 13.9. The van der Waals surface area contributed by atoms with Gasteiger partial charge in [0.05, 0.1) is 6.54 Å². The van der Waals surface area contributed by atoms with E-state index in [2.05, 4.69) is 31.6 Å². The van der Waals surface area contributed by atoms with Gasteiger partial charge >= 0.3 is 0 Å². The Bertz CT molecular complexity index is 383. The Morgan fingerprint density at radius 3 is 2.78 bits per heavy atom. The summed E-state index contributed by atoms with van der Waals surface area (Å²) < 4.78 is 6.64. The lowest BCUT2D eigenvalue weighted by Crippen LogP contribution is -2.42. The van der Waals surface area contributed by atoms with Gasteiger partial charge in [-0.3, -0.25) is 4.99 Å². The number of benzene rings is 1. The van der Waals surface area contributed by atoms with Crippen LogP contribution in [0.15, 0.2) is 33.7 Å². The van der Waals surface area contributed by atoms with Gasteiger partial charge in [0.2, 0.25) is 0 Å². The van der Waals surface area contributed by atoms with Gasteiger partial charge in [0.15, 0.2) is 5.96 Å². The summed E-state index contributed by atoms with van der Waals surface area (Å²) in [4.78, 5) is 4.32. The Kier molecular flexibility index (Phi) is 7.41. The highest BCUT2D eigenvalue weighted by atomic mass is 127. The molecule has 0 bridgehead atoms. The molecule has 0 radical (unpaired) electrons. The van der Waals surface area contributed by atoms with Gasteiger partial charge in [0.25, 0.3) is 0 Å². The monoisotopic (exact) mass is 425 g/mol. The molecule has 4 nitrogen and oxygen atoms in total. The van der Waals surface area contributed by atoms with E-state index in [1.165, 1.54) is 0 Å². The molecule has 2 rings (SSSR count). The molecule has 1 aliphatic heterocycles. The van der Waals surface area contributed by atoms with E-state index in [4.69, 9.17) is 4.74 Å². The van der Waals surface area contributed by atoms with Crippen LogP contribution in [0.3, 0.4) is 0 Å². The summed E-state index contributed by atoms with van der Waals surface area (Å²) in [5.74, 6) is 1.77. The fraction of sp³-hybridized carbons (Fsp3) is 0.417. The van der Waals surface area contributed by atoms with E-state index in [1.807, 2.05) is 24.3 Å². The molecule has 1 heterocycles. The molecule has 2 N–H and O–H groups in total. The summed E-state index contributed by atoms with van der Waals surface area (Å²) in [7, 11) is 0. The highest BCUT2D eigenvalue weighted by molar-refractivity contribution is 14.0. The lowest BCUT2D eigenvalue weighted by molar-refractivity contribution is 0.321.